The van der Waals surface area contributed by atoms with Crippen LogP contribution in [-0.2, 0) is 4.79 Å². The molecule has 1 atom stereocenters. The molecule has 0 spiro atoms. The second-order valence-electron chi connectivity index (χ2n) is 5.09. The van der Waals surface area contributed by atoms with Gasteiger partial charge in [-0.2, -0.15) is 0 Å². The number of aliphatic carboxylic acids is 1. The van der Waals surface area contributed by atoms with E-state index >= 15 is 0 Å². The van der Waals surface area contributed by atoms with Gasteiger partial charge in [0.15, 0.2) is 5.76 Å². The average Bonchev–Trinajstić information content (AvgIpc) is 2.87. The predicted octanol–water partition coefficient (Wildman–Crippen LogP) is 1.51. The molecule has 1 aliphatic heterocycles. The lowest BCUT2D eigenvalue weighted by molar-refractivity contribution is -0.402. The number of nitro groups is 1. The average molecular weight is 282 g/mol. The minimum atomic E-state index is -0.994. The predicted molar refractivity (Wildman–Crippen MR) is 66.2 cm³/mol. The number of carboxylic acid groups (broad SMARTS) is 1. The molecule has 8 heteroatoms. The normalized spacial score (nSPS) is 22.6. The molecule has 20 heavy (non-hydrogen) atoms. The highest BCUT2D eigenvalue weighted by Crippen LogP contribution is 2.31. The molecule has 0 bridgehead atoms. The van der Waals surface area contributed by atoms with Gasteiger partial charge in [0.1, 0.15) is 4.92 Å². The molecule has 1 unspecified atom stereocenters. The van der Waals surface area contributed by atoms with E-state index in [-0.39, 0.29) is 12.3 Å². The van der Waals surface area contributed by atoms with E-state index in [4.69, 9.17) is 4.42 Å². The molecule has 1 N–H and O–H groups in total. The molecule has 0 saturated carbocycles. The number of carboxylic acids is 1. The summed E-state index contributed by atoms with van der Waals surface area (Å²) >= 11 is 0. The van der Waals surface area contributed by atoms with Crippen molar-refractivity contribution in [2.75, 3.05) is 13.1 Å². The standard InChI is InChI=1S/C12H14N2O6/c1-12(11(16)17)5-2-6-13(7-12)10(15)8-3-4-9(20-8)14(18)19/h3-4H,2,5-7H2,1H3,(H,16,17). The maximum Gasteiger partial charge on any atom is 0.433 e. The summed E-state index contributed by atoms with van der Waals surface area (Å²) in [6.45, 7) is 2.06. The van der Waals surface area contributed by atoms with E-state index < -0.39 is 28.1 Å². The van der Waals surface area contributed by atoms with Crippen molar-refractivity contribution in [1.29, 1.82) is 0 Å². The van der Waals surface area contributed by atoms with Crippen molar-refractivity contribution in [2.45, 2.75) is 19.8 Å². The van der Waals surface area contributed by atoms with Crippen LogP contribution in [0.4, 0.5) is 5.88 Å². The molecule has 0 radical (unpaired) electrons. The summed E-state index contributed by atoms with van der Waals surface area (Å²) in [5.74, 6) is -2.14. The third kappa shape index (κ3) is 2.49. The van der Waals surface area contributed by atoms with Gasteiger partial charge in [-0.15, -0.1) is 0 Å². The van der Waals surface area contributed by atoms with Crippen molar-refractivity contribution in [3.05, 3.63) is 28.0 Å². The lowest BCUT2D eigenvalue weighted by Crippen LogP contribution is -2.48. The van der Waals surface area contributed by atoms with Gasteiger partial charge in [0.2, 0.25) is 0 Å². The van der Waals surface area contributed by atoms with E-state index in [1.807, 2.05) is 0 Å². The van der Waals surface area contributed by atoms with Gasteiger partial charge in [0.05, 0.1) is 11.5 Å². The van der Waals surface area contributed by atoms with Crippen molar-refractivity contribution in [1.82, 2.24) is 4.90 Å². The SMILES string of the molecule is CC1(C(=O)O)CCCN(C(=O)c2ccc([N+](=O)[O-])o2)C1. The van der Waals surface area contributed by atoms with Crippen LogP contribution in [0.3, 0.4) is 0 Å². The molecule has 0 aliphatic carbocycles. The Morgan fingerprint density at radius 1 is 1.50 bits per heavy atom. The molecule has 108 valence electrons. The fourth-order valence-electron chi connectivity index (χ4n) is 2.28. The van der Waals surface area contributed by atoms with Gasteiger partial charge in [-0.05, 0) is 25.8 Å². The van der Waals surface area contributed by atoms with Crippen LogP contribution >= 0.6 is 0 Å². The van der Waals surface area contributed by atoms with Crippen LogP contribution in [0.2, 0.25) is 0 Å². The van der Waals surface area contributed by atoms with E-state index in [1.54, 1.807) is 6.92 Å². The van der Waals surface area contributed by atoms with E-state index in [9.17, 15) is 24.8 Å². The lowest BCUT2D eigenvalue weighted by Gasteiger charge is -2.37. The number of carbonyl (C=O) groups is 2. The lowest BCUT2D eigenvalue weighted by atomic mass is 9.82. The van der Waals surface area contributed by atoms with E-state index in [0.717, 1.165) is 6.07 Å². The van der Waals surface area contributed by atoms with Crippen LogP contribution in [0.15, 0.2) is 16.5 Å². The van der Waals surface area contributed by atoms with Crippen molar-refractivity contribution in [2.24, 2.45) is 5.41 Å². The Labute approximate surface area is 114 Å². The Kier molecular flexibility index (Phi) is 3.47. The molecule has 1 fully saturated rings. The molecule has 1 saturated heterocycles. The fourth-order valence-corrected chi connectivity index (χ4v) is 2.28. The van der Waals surface area contributed by atoms with E-state index in [1.165, 1.54) is 11.0 Å². The first-order valence-corrected chi connectivity index (χ1v) is 6.10. The highest BCUT2D eigenvalue weighted by molar-refractivity contribution is 5.92. The van der Waals surface area contributed by atoms with Gasteiger partial charge in [0.25, 0.3) is 5.91 Å². The third-order valence-corrected chi connectivity index (χ3v) is 3.48. The Morgan fingerprint density at radius 2 is 2.20 bits per heavy atom. The zero-order valence-corrected chi connectivity index (χ0v) is 10.9. The smallest absolute Gasteiger partial charge is 0.433 e. The molecule has 1 aromatic rings. The Morgan fingerprint density at radius 3 is 2.75 bits per heavy atom. The molecule has 2 rings (SSSR count). The maximum atomic E-state index is 12.2. The molecular formula is C12H14N2O6. The molecule has 0 aromatic carbocycles. The fraction of sp³-hybridized carbons (Fsp3) is 0.500. The Bertz CT molecular complexity index is 566. The van der Waals surface area contributed by atoms with E-state index in [2.05, 4.69) is 0 Å². The quantitative estimate of drug-likeness (QED) is 0.664. The number of likely N-dealkylation sites (tertiary alicyclic amines) is 1. The molecule has 2 heterocycles. The largest absolute Gasteiger partial charge is 0.481 e. The van der Waals surface area contributed by atoms with Crippen molar-refractivity contribution < 1.29 is 24.0 Å². The number of hydrogen-bond acceptors (Lipinski definition) is 5. The number of hydrogen-bond donors (Lipinski definition) is 1. The number of carbonyl (C=O) groups excluding carboxylic acids is 1. The minimum absolute atomic E-state index is 0.0651. The first-order valence-electron chi connectivity index (χ1n) is 6.10. The monoisotopic (exact) mass is 282 g/mol. The van der Waals surface area contributed by atoms with E-state index in [0.29, 0.717) is 19.4 Å². The highest BCUT2D eigenvalue weighted by atomic mass is 16.6. The summed E-state index contributed by atoms with van der Waals surface area (Å²) in [5.41, 5.74) is -0.994. The van der Waals surface area contributed by atoms with Crippen LogP contribution in [0.1, 0.15) is 30.3 Å². The Balaban J connectivity index is 2.16. The van der Waals surface area contributed by atoms with Crippen molar-refractivity contribution in [3.63, 3.8) is 0 Å². The molecule has 1 aliphatic rings. The number of furan rings is 1. The number of rotatable bonds is 3. The summed E-state index contributed by atoms with van der Waals surface area (Å²) in [6, 6.07) is 2.33. The first-order chi connectivity index (χ1) is 9.33. The minimum Gasteiger partial charge on any atom is -0.481 e. The van der Waals surface area contributed by atoms with Gasteiger partial charge in [-0.1, -0.05) is 0 Å². The number of nitrogens with zero attached hydrogens (tertiary/aromatic N) is 2. The second-order valence-corrected chi connectivity index (χ2v) is 5.09. The van der Waals surface area contributed by atoms with Crippen LogP contribution < -0.4 is 0 Å². The van der Waals surface area contributed by atoms with Gasteiger partial charge in [-0.25, -0.2) is 0 Å². The van der Waals surface area contributed by atoms with Crippen LogP contribution in [0, 0.1) is 15.5 Å². The summed E-state index contributed by atoms with van der Waals surface area (Å²) < 4.78 is 4.85. The second kappa shape index (κ2) is 4.95. The number of amides is 1. The Hall–Kier alpha value is -2.38. The summed E-state index contributed by atoms with van der Waals surface area (Å²) in [7, 11) is 0. The van der Waals surface area contributed by atoms with Crippen LogP contribution in [0.5, 0.6) is 0 Å². The highest BCUT2D eigenvalue weighted by Gasteiger charge is 2.40. The zero-order chi connectivity index (χ0) is 14.9. The first kappa shape index (κ1) is 14.0. The topological polar surface area (TPSA) is 114 Å². The molecule has 1 aromatic heterocycles. The van der Waals surface area contributed by atoms with Gasteiger partial charge >= 0.3 is 11.9 Å². The van der Waals surface area contributed by atoms with Gasteiger partial charge < -0.3 is 14.4 Å². The van der Waals surface area contributed by atoms with Gasteiger partial charge in [-0.3, -0.25) is 19.7 Å². The maximum absolute atomic E-state index is 12.2. The third-order valence-electron chi connectivity index (χ3n) is 3.48. The summed E-state index contributed by atoms with van der Waals surface area (Å²) in [6.07, 6.45) is 1.06. The van der Waals surface area contributed by atoms with Gasteiger partial charge in [0, 0.05) is 13.1 Å². The van der Waals surface area contributed by atoms with Crippen LogP contribution in [-0.4, -0.2) is 39.9 Å². The molecule has 1 amide bonds. The number of piperidine rings is 1. The molecule has 8 nitrogen and oxygen atoms in total. The summed E-state index contributed by atoms with van der Waals surface area (Å²) in [4.78, 5) is 34.5. The van der Waals surface area contributed by atoms with Crippen molar-refractivity contribution in [3.8, 4) is 0 Å². The summed E-state index contributed by atoms with van der Waals surface area (Å²) in [5, 5.41) is 19.7. The molecular weight excluding hydrogens is 268 g/mol. The van der Waals surface area contributed by atoms with Crippen molar-refractivity contribution >= 4 is 17.8 Å². The van der Waals surface area contributed by atoms with Crippen LogP contribution in [0.25, 0.3) is 0 Å². The zero-order valence-electron chi connectivity index (χ0n) is 10.9.